The van der Waals surface area contributed by atoms with Crippen LogP contribution in [-0.2, 0) is 16.1 Å². The lowest BCUT2D eigenvalue weighted by molar-refractivity contribution is -0.136. The minimum Gasteiger partial charge on any atom is -0.330 e. The van der Waals surface area contributed by atoms with E-state index in [1.165, 1.54) is 0 Å². The molecule has 8 nitrogen and oxygen atoms in total. The van der Waals surface area contributed by atoms with Gasteiger partial charge in [0.15, 0.2) is 0 Å². The molecule has 2 unspecified atom stereocenters. The molecule has 0 bridgehead atoms. The molecule has 0 radical (unpaired) electrons. The van der Waals surface area contributed by atoms with Crippen molar-refractivity contribution in [2.75, 3.05) is 19.6 Å². The van der Waals surface area contributed by atoms with Crippen LogP contribution < -0.4 is 11.1 Å². The second kappa shape index (κ2) is 7.44. The Labute approximate surface area is 163 Å². The summed E-state index contributed by atoms with van der Waals surface area (Å²) in [5, 5.41) is 2.22. The summed E-state index contributed by atoms with van der Waals surface area (Å²) in [5.41, 5.74) is 7.19. The molecule has 3 heterocycles. The molecule has 1 aromatic rings. The van der Waals surface area contributed by atoms with Crippen LogP contribution in [-0.4, -0.2) is 59.1 Å². The average molecular weight is 384 g/mol. The maximum atomic E-state index is 13.1. The molecule has 3 aliphatic heterocycles. The molecule has 2 saturated heterocycles. The van der Waals surface area contributed by atoms with Crippen molar-refractivity contribution in [2.24, 2.45) is 11.7 Å². The van der Waals surface area contributed by atoms with E-state index < -0.39 is 23.8 Å². The first-order valence-corrected chi connectivity index (χ1v) is 9.75. The van der Waals surface area contributed by atoms with E-state index in [9.17, 15) is 19.2 Å². The first-order chi connectivity index (χ1) is 13.5. The van der Waals surface area contributed by atoms with Gasteiger partial charge in [-0.3, -0.25) is 34.3 Å². The predicted octanol–water partition coefficient (Wildman–Crippen LogP) is 0.259. The molecular weight excluding hydrogens is 360 g/mol. The summed E-state index contributed by atoms with van der Waals surface area (Å²) < 4.78 is 0. The predicted molar refractivity (Wildman–Crippen MR) is 100 cm³/mol. The molecule has 3 N–H and O–H groups in total. The molecule has 4 rings (SSSR count). The molecule has 0 saturated carbocycles. The lowest BCUT2D eigenvalue weighted by atomic mass is 10.0. The molecule has 28 heavy (non-hydrogen) atoms. The van der Waals surface area contributed by atoms with Crippen molar-refractivity contribution in [3.8, 4) is 0 Å². The number of amides is 4. The number of nitrogens with one attached hydrogen (secondary N) is 1. The molecule has 4 amide bonds. The van der Waals surface area contributed by atoms with Crippen LogP contribution in [0.15, 0.2) is 18.2 Å². The van der Waals surface area contributed by atoms with Gasteiger partial charge in [0.05, 0.1) is 11.1 Å². The zero-order valence-corrected chi connectivity index (χ0v) is 15.6. The number of fused-ring (bicyclic) bond motifs is 1. The van der Waals surface area contributed by atoms with Gasteiger partial charge in [0, 0.05) is 19.5 Å². The summed E-state index contributed by atoms with van der Waals surface area (Å²) in [4.78, 5) is 52.9. The number of nitrogens with two attached hydrogens (primary N) is 1. The van der Waals surface area contributed by atoms with E-state index in [1.807, 2.05) is 6.07 Å². The zero-order valence-electron chi connectivity index (χ0n) is 15.6. The SMILES string of the molecule is NCCC1CCN(Cc2cccc3c2C(=O)N(C2CCC(=O)NC2=O)C3=O)C1. The molecule has 0 spiro atoms. The second-order valence-electron chi connectivity index (χ2n) is 7.75. The van der Waals surface area contributed by atoms with Crippen molar-refractivity contribution >= 4 is 23.6 Å². The van der Waals surface area contributed by atoms with E-state index in [2.05, 4.69) is 10.2 Å². The number of hydrogen-bond donors (Lipinski definition) is 2. The summed E-state index contributed by atoms with van der Waals surface area (Å²) in [5.74, 6) is -1.29. The van der Waals surface area contributed by atoms with Crippen molar-refractivity contribution in [1.29, 1.82) is 0 Å². The maximum Gasteiger partial charge on any atom is 0.262 e. The van der Waals surface area contributed by atoms with Crippen LogP contribution in [0.5, 0.6) is 0 Å². The van der Waals surface area contributed by atoms with Crippen LogP contribution in [0.3, 0.4) is 0 Å². The Bertz CT molecular complexity index is 853. The summed E-state index contributed by atoms with van der Waals surface area (Å²) >= 11 is 0. The van der Waals surface area contributed by atoms with E-state index in [0.29, 0.717) is 30.1 Å². The number of benzene rings is 1. The highest BCUT2D eigenvalue weighted by Gasteiger charge is 2.45. The average Bonchev–Trinajstić information content (AvgIpc) is 3.20. The van der Waals surface area contributed by atoms with E-state index in [1.54, 1.807) is 12.1 Å². The fourth-order valence-corrected chi connectivity index (χ4v) is 4.49. The van der Waals surface area contributed by atoms with E-state index in [0.717, 1.165) is 36.4 Å². The summed E-state index contributed by atoms with van der Waals surface area (Å²) in [6.45, 7) is 3.13. The number of carbonyl (C=O) groups excluding carboxylic acids is 4. The van der Waals surface area contributed by atoms with Gasteiger partial charge < -0.3 is 5.73 Å². The van der Waals surface area contributed by atoms with E-state index in [-0.39, 0.29) is 18.7 Å². The number of carbonyl (C=O) groups is 4. The number of piperidine rings is 1. The molecule has 8 heteroatoms. The van der Waals surface area contributed by atoms with Crippen LogP contribution in [0, 0.1) is 5.92 Å². The third-order valence-corrected chi connectivity index (χ3v) is 5.89. The summed E-state index contributed by atoms with van der Waals surface area (Å²) in [6.07, 6.45) is 2.36. The van der Waals surface area contributed by atoms with Crippen molar-refractivity contribution < 1.29 is 19.2 Å². The quantitative estimate of drug-likeness (QED) is 0.704. The first-order valence-electron chi connectivity index (χ1n) is 9.75. The number of likely N-dealkylation sites (tertiary alicyclic amines) is 1. The Balaban J connectivity index is 1.56. The molecule has 1 aromatic carbocycles. The second-order valence-corrected chi connectivity index (χ2v) is 7.75. The van der Waals surface area contributed by atoms with Gasteiger partial charge in [0.1, 0.15) is 6.04 Å². The normalized spacial score (nSPS) is 25.4. The highest BCUT2D eigenvalue weighted by atomic mass is 16.2. The van der Waals surface area contributed by atoms with Crippen molar-refractivity contribution in [1.82, 2.24) is 15.1 Å². The molecular formula is C20H24N4O4. The fraction of sp³-hybridized carbons (Fsp3) is 0.500. The molecule has 0 aromatic heterocycles. The maximum absolute atomic E-state index is 13.1. The Morgan fingerprint density at radius 3 is 2.68 bits per heavy atom. The fourth-order valence-electron chi connectivity index (χ4n) is 4.49. The van der Waals surface area contributed by atoms with Crippen molar-refractivity contribution in [3.05, 3.63) is 34.9 Å². The number of hydrogen-bond acceptors (Lipinski definition) is 6. The van der Waals surface area contributed by atoms with E-state index >= 15 is 0 Å². The number of nitrogens with zero attached hydrogens (tertiary/aromatic N) is 2. The molecule has 0 aliphatic carbocycles. The van der Waals surface area contributed by atoms with Crippen molar-refractivity contribution in [2.45, 2.75) is 38.3 Å². The molecule has 2 fully saturated rings. The van der Waals surface area contributed by atoms with Crippen molar-refractivity contribution in [3.63, 3.8) is 0 Å². The highest BCUT2D eigenvalue weighted by Crippen LogP contribution is 2.31. The van der Waals surface area contributed by atoms with E-state index in [4.69, 9.17) is 5.73 Å². The van der Waals surface area contributed by atoms with Crippen LogP contribution in [0.25, 0.3) is 0 Å². The van der Waals surface area contributed by atoms with Gasteiger partial charge >= 0.3 is 0 Å². The Morgan fingerprint density at radius 2 is 1.93 bits per heavy atom. The van der Waals surface area contributed by atoms with Gasteiger partial charge in [-0.2, -0.15) is 0 Å². The van der Waals surface area contributed by atoms with Gasteiger partial charge in [-0.25, -0.2) is 0 Å². The lowest BCUT2D eigenvalue weighted by Gasteiger charge is -2.28. The van der Waals surface area contributed by atoms with Crippen LogP contribution >= 0.6 is 0 Å². The summed E-state index contributed by atoms with van der Waals surface area (Å²) in [7, 11) is 0. The van der Waals surface area contributed by atoms with Gasteiger partial charge in [-0.1, -0.05) is 12.1 Å². The summed E-state index contributed by atoms with van der Waals surface area (Å²) in [6, 6.07) is 4.35. The van der Waals surface area contributed by atoms with Gasteiger partial charge in [-0.15, -0.1) is 0 Å². The highest BCUT2D eigenvalue weighted by molar-refractivity contribution is 6.24. The smallest absolute Gasteiger partial charge is 0.262 e. The third-order valence-electron chi connectivity index (χ3n) is 5.89. The zero-order chi connectivity index (χ0) is 19.8. The standard InChI is InChI=1S/C20H24N4O4/c21-8-6-12-7-9-23(10-12)11-13-2-1-3-14-17(13)20(28)24(19(14)27)15-4-5-16(25)22-18(15)26/h1-3,12,15H,4-11,21H2,(H,22,25,26). The van der Waals surface area contributed by atoms with Crippen LogP contribution in [0.2, 0.25) is 0 Å². The monoisotopic (exact) mass is 384 g/mol. The van der Waals surface area contributed by atoms with Crippen LogP contribution in [0.1, 0.15) is 52.0 Å². The van der Waals surface area contributed by atoms with Gasteiger partial charge in [-0.05, 0) is 49.9 Å². The third kappa shape index (κ3) is 3.22. The molecule has 148 valence electrons. The Hall–Kier alpha value is -2.58. The Kier molecular flexibility index (Phi) is 4.99. The Morgan fingerprint density at radius 1 is 1.11 bits per heavy atom. The minimum atomic E-state index is -0.932. The first kappa shape index (κ1) is 18.8. The molecule has 2 atom stereocenters. The molecule has 3 aliphatic rings. The topological polar surface area (TPSA) is 113 Å². The number of imide groups is 2. The largest absolute Gasteiger partial charge is 0.330 e. The lowest BCUT2D eigenvalue weighted by Crippen LogP contribution is -2.54. The van der Waals surface area contributed by atoms with Gasteiger partial charge in [0.2, 0.25) is 11.8 Å². The van der Waals surface area contributed by atoms with Crippen LogP contribution in [0.4, 0.5) is 0 Å². The minimum absolute atomic E-state index is 0.118. The number of rotatable bonds is 5. The van der Waals surface area contributed by atoms with Gasteiger partial charge in [0.25, 0.3) is 11.8 Å².